The van der Waals surface area contributed by atoms with Gasteiger partial charge in [0.05, 0.1) is 30.7 Å². The molecule has 2 atom stereocenters. The Balaban J connectivity index is 1.22. The number of anilines is 2. The Labute approximate surface area is 271 Å². The van der Waals surface area contributed by atoms with Gasteiger partial charge in [0, 0.05) is 37.5 Å². The van der Waals surface area contributed by atoms with Gasteiger partial charge < -0.3 is 14.6 Å². The monoisotopic (exact) mass is 630 g/mol. The molecule has 1 amide bonds. The molecule has 5 rings (SSSR count). The third kappa shape index (κ3) is 8.22. The van der Waals surface area contributed by atoms with Crippen LogP contribution in [-0.2, 0) is 22.2 Å². The number of benzene rings is 1. The maximum atomic E-state index is 13.4. The molecule has 9 heteroatoms. The topological polar surface area (TPSA) is 85.2 Å². The quantitative estimate of drug-likeness (QED) is 0.190. The Morgan fingerprint density at radius 2 is 1.89 bits per heavy atom. The molecule has 45 heavy (non-hydrogen) atoms. The Bertz CT molecular complexity index is 1470. The highest BCUT2D eigenvalue weighted by molar-refractivity contribution is 6.74. The van der Waals surface area contributed by atoms with E-state index < -0.39 is 8.32 Å². The molecular weight excluding hydrogens is 577 g/mol. The number of carbonyl (C=O) groups excluding carboxylic acids is 1. The first-order valence-corrected chi connectivity index (χ1v) is 19.8. The first-order chi connectivity index (χ1) is 21.2. The van der Waals surface area contributed by atoms with E-state index in [2.05, 4.69) is 93.1 Å². The lowest BCUT2D eigenvalue weighted by Crippen LogP contribution is -2.41. The van der Waals surface area contributed by atoms with E-state index in [1.807, 2.05) is 16.9 Å². The normalized spacial score (nSPS) is 19.3. The molecule has 1 aliphatic carbocycles. The highest BCUT2D eigenvalue weighted by atomic mass is 28.4. The van der Waals surface area contributed by atoms with Crippen molar-refractivity contribution in [2.24, 2.45) is 11.3 Å². The molecule has 244 valence electrons. The number of aryl methyl sites for hydroxylation is 1. The largest absolute Gasteiger partial charge is 0.415 e. The van der Waals surface area contributed by atoms with Crippen LogP contribution in [0.5, 0.6) is 0 Å². The molecule has 1 fully saturated rings. The van der Waals surface area contributed by atoms with Crippen molar-refractivity contribution in [1.82, 2.24) is 24.6 Å². The fourth-order valence-corrected chi connectivity index (χ4v) is 7.39. The van der Waals surface area contributed by atoms with E-state index in [1.165, 1.54) is 11.1 Å². The van der Waals surface area contributed by atoms with Crippen LogP contribution >= 0.6 is 0 Å². The van der Waals surface area contributed by atoms with Gasteiger partial charge in [-0.2, -0.15) is 5.10 Å². The van der Waals surface area contributed by atoms with E-state index >= 15 is 0 Å². The fraction of sp³-hybridized carbons (Fsp3) is 0.611. The summed E-state index contributed by atoms with van der Waals surface area (Å²) in [5.41, 5.74) is 5.75. The van der Waals surface area contributed by atoms with Crippen molar-refractivity contribution in [3.63, 3.8) is 0 Å². The average molecular weight is 631 g/mol. The molecule has 0 spiro atoms. The second-order valence-electron chi connectivity index (χ2n) is 15.7. The first-order valence-electron chi connectivity index (χ1n) is 16.9. The highest BCUT2D eigenvalue weighted by Crippen LogP contribution is 2.38. The van der Waals surface area contributed by atoms with Gasteiger partial charge in [0.25, 0.3) is 0 Å². The van der Waals surface area contributed by atoms with Crippen LogP contribution < -0.4 is 5.32 Å². The summed E-state index contributed by atoms with van der Waals surface area (Å²) < 4.78 is 8.22. The smallest absolute Gasteiger partial charge is 0.227 e. The van der Waals surface area contributed by atoms with Gasteiger partial charge in [-0.05, 0) is 84.3 Å². The minimum atomic E-state index is -1.78. The van der Waals surface area contributed by atoms with E-state index in [9.17, 15) is 4.79 Å². The number of carbonyl (C=O) groups is 1. The summed E-state index contributed by atoms with van der Waals surface area (Å²) in [4.78, 5) is 24.9. The highest BCUT2D eigenvalue weighted by Gasteiger charge is 2.37. The van der Waals surface area contributed by atoms with Crippen LogP contribution in [0.25, 0.3) is 11.3 Å². The molecule has 3 aromatic rings. The van der Waals surface area contributed by atoms with Crippen molar-refractivity contribution in [1.29, 1.82) is 0 Å². The fourth-order valence-electron chi connectivity index (χ4n) is 6.36. The molecule has 0 bridgehead atoms. The maximum absolute atomic E-state index is 13.4. The van der Waals surface area contributed by atoms with E-state index in [1.54, 1.807) is 12.4 Å². The summed E-state index contributed by atoms with van der Waals surface area (Å²) in [5, 5.41) is 8.02. The standard InChI is InChI=1S/C36H54N6O2Si/c1-35(2,3)29-16-18-41(24-29)33(43)22-27-12-10-9-11-26-21-28(13-14-31(26)27)32-15-17-37-34(40-32)39-30-23-38-42(25-30)19-20-44-45(7,8)36(4,5)6/h13-15,17,21,23,25,27,29H,9-12,16,18-20,22,24H2,1-8H3,(H,37,39,40). The maximum Gasteiger partial charge on any atom is 0.227 e. The molecular formula is C36H54N6O2Si. The predicted octanol–water partition coefficient (Wildman–Crippen LogP) is 8.20. The van der Waals surface area contributed by atoms with Crippen molar-refractivity contribution >= 4 is 25.9 Å². The molecule has 1 saturated heterocycles. The zero-order chi connectivity index (χ0) is 32.4. The molecule has 2 unspecified atom stereocenters. The molecule has 3 heterocycles. The lowest BCUT2D eigenvalue weighted by atomic mass is 9.80. The van der Waals surface area contributed by atoms with Crippen LogP contribution in [0.2, 0.25) is 18.1 Å². The molecule has 0 radical (unpaired) electrons. The second kappa shape index (κ2) is 13.4. The number of rotatable bonds is 9. The van der Waals surface area contributed by atoms with Gasteiger partial charge >= 0.3 is 0 Å². The number of aromatic nitrogens is 4. The van der Waals surface area contributed by atoms with Crippen molar-refractivity contribution < 1.29 is 9.22 Å². The summed E-state index contributed by atoms with van der Waals surface area (Å²) >= 11 is 0. The van der Waals surface area contributed by atoms with E-state index in [-0.39, 0.29) is 16.4 Å². The summed E-state index contributed by atoms with van der Waals surface area (Å²) in [6, 6.07) is 8.67. The molecule has 8 nitrogen and oxygen atoms in total. The minimum Gasteiger partial charge on any atom is -0.415 e. The minimum absolute atomic E-state index is 0.188. The lowest BCUT2D eigenvalue weighted by molar-refractivity contribution is -0.130. The Kier molecular flexibility index (Phi) is 9.89. The van der Waals surface area contributed by atoms with Crippen molar-refractivity contribution in [3.05, 3.63) is 54.0 Å². The van der Waals surface area contributed by atoms with Gasteiger partial charge in [0.15, 0.2) is 8.32 Å². The van der Waals surface area contributed by atoms with E-state index in [0.29, 0.717) is 37.3 Å². The van der Waals surface area contributed by atoms with Gasteiger partial charge in [0.1, 0.15) is 0 Å². The van der Waals surface area contributed by atoms with Gasteiger partial charge in [-0.15, -0.1) is 0 Å². The zero-order valence-electron chi connectivity index (χ0n) is 28.8. The van der Waals surface area contributed by atoms with Crippen LogP contribution in [0.15, 0.2) is 42.9 Å². The average Bonchev–Trinajstić information content (AvgIpc) is 3.60. The first kappa shape index (κ1) is 33.3. The van der Waals surface area contributed by atoms with Crippen LogP contribution in [0.1, 0.15) is 90.7 Å². The Morgan fingerprint density at radius 3 is 2.62 bits per heavy atom. The summed E-state index contributed by atoms with van der Waals surface area (Å²) in [6.07, 6.45) is 11.7. The SMILES string of the molecule is CC(C)(C)C1CCN(C(=O)CC2CCCCc3cc(-c4ccnc(Nc5cnn(CCO[Si](C)(C)C(C)(C)C)c5)n4)ccc32)C1. The van der Waals surface area contributed by atoms with Gasteiger partial charge in [-0.3, -0.25) is 9.48 Å². The number of fused-ring (bicyclic) bond motifs is 1. The number of nitrogens with one attached hydrogen (secondary N) is 1. The van der Waals surface area contributed by atoms with E-state index in [0.717, 1.165) is 62.1 Å². The van der Waals surface area contributed by atoms with Crippen LogP contribution in [-0.4, -0.2) is 58.6 Å². The molecule has 1 aromatic carbocycles. The van der Waals surface area contributed by atoms with Gasteiger partial charge in [-0.1, -0.05) is 60.1 Å². The number of nitrogens with zero attached hydrogens (tertiary/aromatic N) is 5. The van der Waals surface area contributed by atoms with Crippen molar-refractivity contribution in [2.45, 2.75) is 111 Å². The number of hydrogen-bond donors (Lipinski definition) is 1. The summed E-state index contributed by atoms with van der Waals surface area (Å²) in [6.45, 7) is 21.3. The predicted molar refractivity (Wildman–Crippen MR) is 185 cm³/mol. The Hall–Kier alpha value is -3.04. The van der Waals surface area contributed by atoms with Gasteiger partial charge in [0.2, 0.25) is 11.9 Å². The Morgan fingerprint density at radius 1 is 1.09 bits per heavy atom. The molecule has 0 saturated carbocycles. The number of amides is 1. The molecule has 1 N–H and O–H groups in total. The van der Waals surface area contributed by atoms with Crippen molar-refractivity contribution in [3.8, 4) is 11.3 Å². The molecule has 1 aliphatic heterocycles. The molecule has 2 aliphatic rings. The lowest BCUT2D eigenvalue weighted by Gasteiger charge is -2.36. The summed E-state index contributed by atoms with van der Waals surface area (Å²) in [7, 11) is -1.78. The van der Waals surface area contributed by atoms with E-state index in [4.69, 9.17) is 9.41 Å². The second-order valence-corrected chi connectivity index (χ2v) is 20.6. The van der Waals surface area contributed by atoms with Crippen LogP contribution in [0.3, 0.4) is 0 Å². The number of likely N-dealkylation sites (tertiary alicyclic amines) is 1. The number of hydrogen-bond acceptors (Lipinski definition) is 6. The zero-order valence-corrected chi connectivity index (χ0v) is 29.8. The summed E-state index contributed by atoms with van der Waals surface area (Å²) in [5.74, 6) is 1.73. The van der Waals surface area contributed by atoms with Crippen LogP contribution in [0.4, 0.5) is 11.6 Å². The van der Waals surface area contributed by atoms with Gasteiger partial charge in [-0.25, -0.2) is 9.97 Å². The third-order valence-electron chi connectivity index (χ3n) is 10.4. The molecule has 2 aromatic heterocycles. The van der Waals surface area contributed by atoms with Crippen molar-refractivity contribution in [2.75, 3.05) is 25.0 Å². The van der Waals surface area contributed by atoms with Crippen LogP contribution in [0, 0.1) is 11.3 Å². The third-order valence-corrected chi connectivity index (χ3v) is 15.0.